The summed E-state index contributed by atoms with van der Waals surface area (Å²) in [6.45, 7) is 6.24. The number of benzene rings is 1. The first-order chi connectivity index (χ1) is 7.59. The summed E-state index contributed by atoms with van der Waals surface area (Å²) in [5, 5.41) is 0. The van der Waals surface area contributed by atoms with Crippen LogP contribution in [0.15, 0.2) is 24.3 Å². The number of fused-ring (bicyclic) bond motifs is 1. The van der Waals surface area contributed by atoms with Gasteiger partial charge in [-0.2, -0.15) is 0 Å². The van der Waals surface area contributed by atoms with E-state index in [-0.39, 0.29) is 0 Å². The number of hydrogen-bond acceptors (Lipinski definition) is 1. The molecule has 16 heavy (non-hydrogen) atoms. The number of halogens is 3. The van der Waals surface area contributed by atoms with Gasteiger partial charge in [-0.25, -0.2) is 0 Å². The lowest BCUT2D eigenvalue weighted by molar-refractivity contribution is 0.353. The number of nitrogens with zero attached hydrogens (tertiary/aromatic N) is 1. The minimum Gasteiger partial charge on any atom is -0.298 e. The van der Waals surface area contributed by atoms with E-state index in [2.05, 4.69) is 104 Å². The van der Waals surface area contributed by atoms with Gasteiger partial charge in [0.25, 0.3) is 0 Å². The lowest BCUT2D eigenvalue weighted by atomic mass is 10.1. The second-order valence-electron chi connectivity index (χ2n) is 3.19. The fourth-order valence-corrected chi connectivity index (χ4v) is 1.50. The molecular formula is C12H18I3N. The zero-order valence-corrected chi connectivity index (χ0v) is 16.4. The van der Waals surface area contributed by atoms with Crippen LogP contribution >= 0.6 is 67.8 Å². The van der Waals surface area contributed by atoms with E-state index in [9.17, 15) is 0 Å². The van der Waals surface area contributed by atoms with Crippen LogP contribution in [0.2, 0.25) is 0 Å². The molecule has 0 atom stereocenters. The topological polar surface area (TPSA) is 3.24 Å². The minimum absolute atomic E-state index is 0.743. The van der Waals surface area contributed by atoms with Crippen LogP contribution in [0.5, 0.6) is 0 Å². The zero-order valence-electron chi connectivity index (χ0n) is 9.88. The molecule has 0 aromatic heterocycles. The van der Waals surface area contributed by atoms with Gasteiger partial charge in [0.05, 0.1) is 0 Å². The Labute approximate surface area is 140 Å². The van der Waals surface area contributed by atoms with Crippen LogP contribution in [0.3, 0.4) is 0 Å². The quantitative estimate of drug-likeness (QED) is 0.312. The second kappa shape index (κ2) is 10.3. The Hall–Kier alpha value is 1.37. The van der Waals surface area contributed by atoms with Gasteiger partial charge >= 0.3 is 0 Å². The Bertz CT molecular complexity index is 262. The van der Waals surface area contributed by atoms with E-state index >= 15 is 0 Å². The van der Waals surface area contributed by atoms with E-state index in [1.807, 2.05) is 13.8 Å². The maximum absolute atomic E-state index is 2.32. The zero-order chi connectivity index (χ0) is 12.6. The average molecular weight is 557 g/mol. The molecule has 0 N–H and O–H groups in total. The van der Waals surface area contributed by atoms with Crippen molar-refractivity contribution in [2.45, 2.75) is 26.9 Å². The molecule has 0 fully saturated rings. The molecule has 1 aliphatic rings. The van der Waals surface area contributed by atoms with Gasteiger partial charge in [-0.05, 0) is 18.2 Å². The highest BCUT2D eigenvalue weighted by atomic mass is 127. The van der Waals surface area contributed by atoms with Crippen molar-refractivity contribution >= 4 is 67.8 Å². The predicted octanol–water partition coefficient (Wildman–Crippen LogP) is 5.23. The van der Waals surface area contributed by atoms with E-state index in [4.69, 9.17) is 0 Å². The summed E-state index contributed by atoms with van der Waals surface area (Å²) < 4.78 is 0.743. The first-order valence-electron chi connectivity index (χ1n) is 5.27. The van der Waals surface area contributed by atoms with E-state index in [1.165, 1.54) is 11.1 Å². The third-order valence-electron chi connectivity index (χ3n) is 2.00. The molecule has 0 radical (unpaired) electrons. The SMILES string of the molecule is CC.CN1Cc2ccccc2C1.IC(I)I. The molecule has 1 heterocycles. The molecule has 0 amide bonds. The Morgan fingerprint density at radius 1 is 1.00 bits per heavy atom. The smallest absolute Gasteiger partial charge is 0.114 e. The summed E-state index contributed by atoms with van der Waals surface area (Å²) in [6, 6.07) is 8.63. The van der Waals surface area contributed by atoms with Crippen molar-refractivity contribution in [2.75, 3.05) is 7.05 Å². The maximum Gasteiger partial charge on any atom is 0.114 e. The Balaban J connectivity index is 0.000000323. The van der Waals surface area contributed by atoms with Crippen molar-refractivity contribution < 1.29 is 0 Å². The molecular weight excluding hydrogens is 539 g/mol. The van der Waals surface area contributed by atoms with E-state index < -0.39 is 0 Å². The molecule has 4 heteroatoms. The van der Waals surface area contributed by atoms with Crippen LogP contribution in [0.1, 0.15) is 25.0 Å². The number of alkyl halides is 3. The van der Waals surface area contributed by atoms with Gasteiger partial charge in [-0.1, -0.05) is 106 Å². The highest BCUT2D eigenvalue weighted by Gasteiger charge is 2.12. The molecule has 0 aliphatic carbocycles. The van der Waals surface area contributed by atoms with Gasteiger partial charge in [0, 0.05) is 13.1 Å². The van der Waals surface area contributed by atoms with Crippen molar-refractivity contribution in [1.82, 2.24) is 4.90 Å². The monoisotopic (exact) mass is 557 g/mol. The van der Waals surface area contributed by atoms with Crippen LogP contribution in [0.25, 0.3) is 0 Å². The van der Waals surface area contributed by atoms with Gasteiger partial charge in [0.2, 0.25) is 0 Å². The predicted molar refractivity (Wildman–Crippen MR) is 98.8 cm³/mol. The van der Waals surface area contributed by atoms with E-state index in [0.717, 1.165) is 13.0 Å². The lowest BCUT2D eigenvalue weighted by Gasteiger charge is -2.02. The summed E-state index contributed by atoms with van der Waals surface area (Å²) in [6.07, 6.45) is 0. The molecule has 0 saturated heterocycles. The average Bonchev–Trinajstić information content (AvgIpc) is 2.60. The van der Waals surface area contributed by atoms with Crippen molar-refractivity contribution in [3.8, 4) is 0 Å². The van der Waals surface area contributed by atoms with Gasteiger partial charge in [0.1, 0.15) is -0.0619 Å². The minimum atomic E-state index is 0.743. The van der Waals surface area contributed by atoms with Crippen molar-refractivity contribution in [3.63, 3.8) is 0 Å². The largest absolute Gasteiger partial charge is 0.298 e. The lowest BCUT2D eigenvalue weighted by Crippen LogP contribution is -2.07. The van der Waals surface area contributed by atoms with Crippen LogP contribution in [0.4, 0.5) is 0 Å². The van der Waals surface area contributed by atoms with Crippen molar-refractivity contribution in [2.24, 2.45) is 0 Å². The van der Waals surface area contributed by atoms with Gasteiger partial charge in [-0.3, -0.25) is 4.90 Å². The van der Waals surface area contributed by atoms with Crippen LogP contribution in [-0.2, 0) is 13.1 Å². The highest BCUT2D eigenvalue weighted by Crippen LogP contribution is 2.19. The second-order valence-corrected chi connectivity index (χ2v) is 14.1. The first kappa shape index (κ1) is 17.4. The Kier molecular flexibility index (Phi) is 11.2. The third kappa shape index (κ3) is 7.65. The van der Waals surface area contributed by atoms with Crippen LogP contribution in [0, 0.1) is 0 Å². The molecule has 0 unspecified atom stereocenters. The van der Waals surface area contributed by atoms with Crippen molar-refractivity contribution in [3.05, 3.63) is 35.4 Å². The highest BCUT2D eigenvalue weighted by molar-refractivity contribution is 14.3. The normalized spacial score (nSPS) is 13.4. The molecule has 0 spiro atoms. The Morgan fingerprint density at radius 3 is 1.62 bits per heavy atom. The standard InChI is InChI=1S/C9H11N.C2H6.CHI3/c1-10-6-8-4-2-3-5-9(8)7-10;1-2;2-1(3)4/h2-5H,6-7H2,1H3;1-2H3;1H. The van der Waals surface area contributed by atoms with Crippen LogP contribution < -0.4 is 0 Å². The first-order valence-corrected chi connectivity index (χ1v) is 9.01. The third-order valence-corrected chi connectivity index (χ3v) is 2.00. The van der Waals surface area contributed by atoms with E-state index in [0.29, 0.717) is 0 Å². The van der Waals surface area contributed by atoms with Crippen LogP contribution in [-0.4, -0.2) is 11.9 Å². The molecule has 0 bridgehead atoms. The molecule has 1 aromatic carbocycles. The molecule has 1 aliphatic heterocycles. The molecule has 0 saturated carbocycles. The van der Waals surface area contributed by atoms with E-state index in [1.54, 1.807) is 0 Å². The molecule has 1 nitrogen and oxygen atoms in total. The van der Waals surface area contributed by atoms with Gasteiger partial charge in [-0.15, -0.1) is 0 Å². The van der Waals surface area contributed by atoms with Gasteiger partial charge in [0.15, 0.2) is 0 Å². The van der Waals surface area contributed by atoms with Crippen molar-refractivity contribution in [1.29, 1.82) is 0 Å². The summed E-state index contributed by atoms with van der Waals surface area (Å²) >= 11 is 6.95. The molecule has 92 valence electrons. The molecule has 2 rings (SSSR count). The van der Waals surface area contributed by atoms with Gasteiger partial charge < -0.3 is 0 Å². The summed E-state index contributed by atoms with van der Waals surface area (Å²) in [5.74, 6) is 0. The summed E-state index contributed by atoms with van der Waals surface area (Å²) in [7, 11) is 2.15. The Morgan fingerprint density at radius 2 is 1.31 bits per heavy atom. The summed E-state index contributed by atoms with van der Waals surface area (Å²) in [5.41, 5.74) is 2.98. The maximum atomic E-state index is 2.32. The number of rotatable bonds is 0. The fourth-order valence-electron chi connectivity index (χ4n) is 1.50. The summed E-state index contributed by atoms with van der Waals surface area (Å²) in [4.78, 5) is 2.32. The molecule has 1 aromatic rings. The number of hydrogen-bond donors (Lipinski definition) is 0. The fraction of sp³-hybridized carbons (Fsp3) is 0.500.